The molecule has 0 rings (SSSR count). The highest BCUT2D eigenvalue weighted by Crippen LogP contribution is 2.13. The van der Waals surface area contributed by atoms with Gasteiger partial charge in [-0.25, -0.2) is 0 Å². The lowest BCUT2D eigenvalue weighted by molar-refractivity contribution is 0.129. The molecule has 5 heteroatoms. The van der Waals surface area contributed by atoms with Crippen LogP contribution in [-0.4, -0.2) is 75.8 Å². The summed E-state index contributed by atoms with van der Waals surface area (Å²) in [4.78, 5) is 2.44. The van der Waals surface area contributed by atoms with Crippen LogP contribution in [0.2, 0.25) is 0 Å². The molecular weight excluding hydrogens is 268 g/mol. The summed E-state index contributed by atoms with van der Waals surface area (Å²) in [6.45, 7) is 9.97. The molecule has 0 spiro atoms. The molecule has 0 fully saturated rings. The van der Waals surface area contributed by atoms with Crippen LogP contribution >= 0.6 is 0 Å². The summed E-state index contributed by atoms with van der Waals surface area (Å²) in [5.74, 6) is 0. The zero-order valence-electron chi connectivity index (χ0n) is 14.5. The molecule has 0 saturated carbocycles. The Bertz CT molecular complexity index is 230. The van der Waals surface area contributed by atoms with Gasteiger partial charge in [0.15, 0.2) is 0 Å². The van der Waals surface area contributed by atoms with Gasteiger partial charge < -0.3 is 24.8 Å². The lowest BCUT2D eigenvalue weighted by atomic mass is 9.95. The van der Waals surface area contributed by atoms with Crippen LogP contribution in [0.5, 0.6) is 0 Å². The highest BCUT2D eigenvalue weighted by molar-refractivity contribution is 4.81. The van der Waals surface area contributed by atoms with E-state index in [0.717, 1.165) is 65.1 Å². The molecule has 0 heterocycles. The monoisotopic (exact) mass is 304 g/mol. The molecule has 0 aromatic rings. The molecule has 0 aromatic heterocycles. The Hall–Kier alpha value is -0.200. The van der Waals surface area contributed by atoms with E-state index < -0.39 is 0 Å². The van der Waals surface area contributed by atoms with E-state index in [9.17, 15) is 5.11 Å². The van der Waals surface area contributed by atoms with Crippen molar-refractivity contribution in [2.75, 3.05) is 60.2 Å². The van der Waals surface area contributed by atoms with E-state index in [2.05, 4.69) is 24.1 Å². The Morgan fingerprint density at radius 2 is 1.67 bits per heavy atom. The average Bonchev–Trinajstić information content (AvgIpc) is 2.49. The average molecular weight is 304 g/mol. The number of hydrogen-bond donors (Lipinski definition) is 2. The van der Waals surface area contributed by atoms with Gasteiger partial charge in [0.1, 0.15) is 0 Å². The maximum Gasteiger partial charge on any atom is 0.0610 e. The van der Waals surface area contributed by atoms with Crippen molar-refractivity contribution in [3.05, 3.63) is 0 Å². The second-order valence-corrected chi connectivity index (χ2v) is 5.89. The summed E-state index contributed by atoms with van der Waals surface area (Å²) in [5, 5.41) is 12.9. The standard InChI is InChI=1S/C16H36N2O3/c1-5-17-16(2,15-19)9-6-7-10-18(12-14-21-4)11-8-13-20-3/h17,19H,5-15H2,1-4H3. The van der Waals surface area contributed by atoms with Gasteiger partial charge >= 0.3 is 0 Å². The summed E-state index contributed by atoms with van der Waals surface area (Å²) in [6, 6.07) is 0. The molecule has 128 valence electrons. The zero-order chi connectivity index (χ0) is 16.0. The summed E-state index contributed by atoms with van der Waals surface area (Å²) >= 11 is 0. The third-order valence-electron chi connectivity index (χ3n) is 3.84. The van der Waals surface area contributed by atoms with Gasteiger partial charge in [0.05, 0.1) is 13.2 Å². The van der Waals surface area contributed by atoms with Crippen molar-refractivity contribution < 1.29 is 14.6 Å². The lowest BCUT2D eigenvalue weighted by Gasteiger charge is -2.29. The number of nitrogens with zero attached hydrogens (tertiary/aromatic N) is 1. The van der Waals surface area contributed by atoms with Crippen LogP contribution in [0.4, 0.5) is 0 Å². The first-order valence-corrected chi connectivity index (χ1v) is 8.18. The Balaban J connectivity index is 3.93. The normalized spacial score (nSPS) is 14.6. The van der Waals surface area contributed by atoms with Crippen LogP contribution in [0.3, 0.4) is 0 Å². The second-order valence-electron chi connectivity index (χ2n) is 5.89. The maximum atomic E-state index is 9.48. The number of rotatable bonds is 15. The van der Waals surface area contributed by atoms with Crippen molar-refractivity contribution in [2.45, 2.75) is 45.1 Å². The smallest absolute Gasteiger partial charge is 0.0610 e. The minimum absolute atomic E-state index is 0.137. The Labute approximate surface area is 131 Å². The van der Waals surface area contributed by atoms with E-state index >= 15 is 0 Å². The third-order valence-corrected chi connectivity index (χ3v) is 3.84. The Kier molecular flexibility index (Phi) is 13.3. The quantitative estimate of drug-likeness (QED) is 0.449. The summed E-state index contributed by atoms with van der Waals surface area (Å²) < 4.78 is 10.3. The molecule has 0 saturated heterocycles. The highest BCUT2D eigenvalue weighted by Gasteiger charge is 2.20. The molecular formula is C16H36N2O3. The first-order chi connectivity index (χ1) is 10.1. The number of aliphatic hydroxyl groups is 1. The van der Waals surface area contributed by atoms with Crippen molar-refractivity contribution in [1.29, 1.82) is 0 Å². The summed E-state index contributed by atoms with van der Waals surface area (Å²) in [5.41, 5.74) is -0.137. The maximum absolute atomic E-state index is 9.48. The number of ether oxygens (including phenoxy) is 2. The lowest BCUT2D eigenvalue weighted by Crippen LogP contribution is -2.45. The second kappa shape index (κ2) is 13.5. The first kappa shape index (κ1) is 20.8. The van der Waals surface area contributed by atoms with Crippen molar-refractivity contribution in [1.82, 2.24) is 10.2 Å². The number of hydrogen-bond acceptors (Lipinski definition) is 5. The van der Waals surface area contributed by atoms with Crippen LogP contribution in [0.25, 0.3) is 0 Å². The third kappa shape index (κ3) is 11.1. The predicted octanol–water partition coefficient (Wildman–Crippen LogP) is 1.50. The van der Waals surface area contributed by atoms with Gasteiger partial charge in [-0.2, -0.15) is 0 Å². The summed E-state index contributed by atoms with van der Waals surface area (Å²) in [7, 11) is 3.49. The van der Waals surface area contributed by atoms with E-state index in [1.165, 1.54) is 0 Å². The highest BCUT2D eigenvalue weighted by atomic mass is 16.5. The van der Waals surface area contributed by atoms with E-state index in [1.54, 1.807) is 14.2 Å². The molecule has 0 aliphatic rings. The van der Waals surface area contributed by atoms with Crippen LogP contribution < -0.4 is 5.32 Å². The van der Waals surface area contributed by atoms with E-state index in [1.807, 2.05) is 0 Å². The number of likely N-dealkylation sites (N-methyl/N-ethyl adjacent to an activating group) is 1. The SMILES string of the molecule is CCNC(C)(CO)CCCCN(CCCOC)CCOC. The fourth-order valence-corrected chi connectivity index (χ4v) is 2.49. The van der Waals surface area contributed by atoms with Gasteiger partial charge in [-0.05, 0) is 39.3 Å². The molecule has 0 aliphatic heterocycles. The largest absolute Gasteiger partial charge is 0.394 e. The molecule has 1 atom stereocenters. The van der Waals surface area contributed by atoms with Crippen LogP contribution in [0.1, 0.15) is 39.5 Å². The molecule has 21 heavy (non-hydrogen) atoms. The van der Waals surface area contributed by atoms with Crippen LogP contribution in [-0.2, 0) is 9.47 Å². The topological polar surface area (TPSA) is 54.0 Å². The fourth-order valence-electron chi connectivity index (χ4n) is 2.49. The number of aliphatic hydroxyl groups excluding tert-OH is 1. The van der Waals surface area contributed by atoms with Gasteiger partial charge in [-0.1, -0.05) is 13.3 Å². The fraction of sp³-hybridized carbons (Fsp3) is 1.00. The van der Waals surface area contributed by atoms with Gasteiger partial charge in [-0.3, -0.25) is 0 Å². The predicted molar refractivity (Wildman–Crippen MR) is 87.8 cm³/mol. The van der Waals surface area contributed by atoms with Crippen molar-refractivity contribution in [3.63, 3.8) is 0 Å². The molecule has 0 radical (unpaired) electrons. The van der Waals surface area contributed by atoms with Crippen molar-refractivity contribution in [3.8, 4) is 0 Å². The molecule has 0 aliphatic carbocycles. The van der Waals surface area contributed by atoms with Crippen molar-refractivity contribution in [2.24, 2.45) is 0 Å². The molecule has 5 nitrogen and oxygen atoms in total. The van der Waals surface area contributed by atoms with Gasteiger partial charge in [-0.15, -0.1) is 0 Å². The van der Waals surface area contributed by atoms with E-state index in [4.69, 9.17) is 9.47 Å². The Morgan fingerprint density at radius 1 is 1.00 bits per heavy atom. The molecule has 0 amide bonds. The molecule has 1 unspecified atom stereocenters. The van der Waals surface area contributed by atoms with Gasteiger partial charge in [0.25, 0.3) is 0 Å². The van der Waals surface area contributed by atoms with E-state index in [0.29, 0.717) is 0 Å². The van der Waals surface area contributed by atoms with E-state index in [-0.39, 0.29) is 12.1 Å². The number of nitrogens with one attached hydrogen (secondary N) is 1. The molecule has 2 N–H and O–H groups in total. The number of unbranched alkanes of at least 4 members (excludes halogenated alkanes) is 1. The minimum Gasteiger partial charge on any atom is -0.394 e. The van der Waals surface area contributed by atoms with Gasteiger partial charge in [0, 0.05) is 39.5 Å². The zero-order valence-corrected chi connectivity index (χ0v) is 14.5. The first-order valence-electron chi connectivity index (χ1n) is 8.18. The van der Waals surface area contributed by atoms with Crippen LogP contribution in [0.15, 0.2) is 0 Å². The molecule has 0 aromatic carbocycles. The minimum atomic E-state index is -0.137. The van der Waals surface area contributed by atoms with Gasteiger partial charge in [0.2, 0.25) is 0 Å². The molecule has 0 bridgehead atoms. The van der Waals surface area contributed by atoms with Crippen molar-refractivity contribution >= 4 is 0 Å². The van der Waals surface area contributed by atoms with Crippen LogP contribution in [0, 0.1) is 0 Å². The summed E-state index contributed by atoms with van der Waals surface area (Å²) in [6.07, 6.45) is 4.34. The number of methoxy groups -OCH3 is 2. The Morgan fingerprint density at radius 3 is 2.24 bits per heavy atom.